The van der Waals surface area contributed by atoms with Gasteiger partial charge >= 0.3 is 0 Å². The van der Waals surface area contributed by atoms with Gasteiger partial charge in [-0.05, 0) is 11.4 Å². The van der Waals surface area contributed by atoms with Crippen molar-refractivity contribution in [2.24, 2.45) is 0 Å². The Labute approximate surface area is 94.8 Å². The van der Waals surface area contributed by atoms with E-state index in [1.807, 2.05) is 11.4 Å². The largest absolute Gasteiger partial charge is 0.361 e. The smallest absolute Gasteiger partial charge is 0.147 e. The number of anilines is 1. The van der Waals surface area contributed by atoms with Crippen molar-refractivity contribution in [3.8, 4) is 0 Å². The molecule has 0 spiro atoms. The van der Waals surface area contributed by atoms with E-state index in [1.54, 1.807) is 17.7 Å². The molecule has 3 heterocycles. The Kier molecular flexibility index (Phi) is 2.22. The Hall–Kier alpha value is -2.02. The van der Waals surface area contributed by atoms with Crippen LogP contribution in [0, 0.1) is 0 Å². The molecule has 0 aliphatic carbocycles. The maximum absolute atomic E-state index is 4.20. The van der Waals surface area contributed by atoms with Crippen LogP contribution in [0.3, 0.4) is 0 Å². The summed E-state index contributed by atoms with van der Waals surface area (Å²) in [5, 5.41) is 11.8. The summed E-state index contributed by atoms with van der Waals surface area (Å²) in [4.78, 5) is 12.4. The zero-order chi connectivity index (χ0) is 10.8. The predicted molar refractivity (Wildman–Crippen MR) is 61.1 cm³/mol. The number of nitrogens with zero attached hydrogens (tertiary/aromatic N) is 4. The lowest BCUT2D eigenvalue weighted by atomic mass is 10.4. The molecule has 16 heavy (non-hydrogen) atoms. The number of rotatable bonds is 3. The van der Waals surface area contributed by atoms with E-state index in [9.17, 15) is 0 Å². The molecule has 2 N–H and O–H groups in total. The van der Waals surface area contributed by atoms with Gasteiger partial charge in [-0.15, -0.1) is 11.3 Å². The van der Waals surface area contributed by atoms with Crippen LogP contribution in [0.4, 0.5) is 5.82 Å². The molecule has 3 aromatic rings. The molecule has 0 saturated heterocycles. The van der Waals surface area contributed by atoms with Crippen LogP contribution >= 0.6 is 11.3 Å². The van der Waals surface area contributed by atoms with Crippen molar-refractivity contribution in [2.75, 3.05) is 5.32 Å². The lowest BCUT2D eigenvalue weighted by molar-refractivity contribution is 0.948. The summed E-state index contributed by atoms with van der Waals surface area (Å²) in [7, 11) is 0. The number of fused-ring (bicyclic) bond motifs is 1. The Bertz CT molecular complexity index is 587. The van der Waals surface area contributed by atoms with Gasteiger partial charge in [0.25, 0.3) is 0 Å². The standard InChI is InChI=1S/C9H8N6S/c1-2-16-8-6(1)11-4-13-9(8)10-3-7-12-5-14-15-7/h1-2,4-5H,3H2,(H,10,11,13)(H,12,14,15). The number of aromatic nitrogens is 5. The highest BCUT2D eigenvalue weighted by molar-refractivity contribution is 7.17. The first-order valence-electron chi connectivity index (χ1n) is 4.70. The normalized spacial score (nSPS) is 10.8. The van der Waals surface area contributed by atoms with E-state index in [-0.39, 0.29) is 0 Å². The maximum Gasteiger partial charge on any atom is 0.147 e. The molecule has 0 fully saturated rings. The van der Waals surface area contributed by atoms with Gasteiger partial charge in [-0.1, -0.05) is 0 Å². The van der Waals surface area contributed by atoms with Gasteiger partial charge in [0.15, 0.2) is 0 Å². The van der Waals surface area contributed by atoms with Crippen molar-refractivity contribution in [1.82, 2.24) is 25.1 Å². The number of thiophene rings is 1. The number of H-pyrrole nitrogens is 1. The third-order valence-corrected chi connectivity index (χ3v) is 3.04. The van der Waals surface area contributed by atoms with Gasteiger partial charge in [0.2, 0.25) is 0 Å². The van der Waals surface area contributed by atoms with Gasteiger partial charge < -0.3 is 5.32 Å². The van der Waals surface area contributed by atoms with Crippen molar-refractivity contribution in [3.63, 3.8) is 0 Å². The van der Waals surface area contributed by atoms with Crippen molar-refractivity contribution >= 4 is 27.4 Å². The topological polar surface area (TPSA) is 79.4 Å². The maximum atomic E-state index is 4.20. The molecule has 0 bridgehead atoms. The molecular formula is C9H8N6S. The molecule has 0 saturated carbocycles. The molecule has 0 aliphatic heterocycles. The summed E-state index contributed by atoms with van der Waals surface area (Å²) in [5.74, 6) is 1.61. The van der Waals surface area contributed by atoms with Crippen LogP contribution in [0.5, 0.6) is 0 Å². The monoisotopic (exact) mass is 232 g/mol. The van der Waals surface area contributed by atoms with Crippen molar-refractivity contribution in [2.45, 2.75) is 6.54 Å². The van der Waals surface area contributed by atoms with Crippen molar-refractivity contribution in [3.05, 3.63) is 29.9 Å². The SMILES string of the molecule is c1n[nH]c(CNc2ncnc3ccsc23)n1. The van der Waals surface area contributed by atoms with E-state index in [2.05, 4.69) is 30.5 Å². The molecule has 3 rings (SSSR count). The number of nitrogens with one attached hydrogen (secondary N) is 2. The highest BCUT2D eigenvalue weighted by Crippen LogP contribution is 2.24. The van der Waals surface area contributed by atoms with E-state index in [1.165, 1.54) is 6.33 Å². The van der Waals surface area contributed by atoms with Gasteiger partial charge in [-0.3, -0.25) is 5.10 Å². The van der Waals surface area contributed by atoms with Crippen molar-refractivity contribution in [1.29, 1.82) is 0 Å². The van der Waals surface area contributed by atoms with Crippen LogP contribution in [-0.2, 0) is 6.54 Å². The fraction of sp³-hybridized carbons (Fsp3) is 0.111. The number of hydrogen-bond donors (Lipinski definition) is 2. The van der Waals surface area contributed by atoms with Crippen LogP contribution in [-0.4, -0.2) is 25.1 Å². The Morgan fingerprint density at radius 3 is 3.12 bits per heavy atom. The summed E-state index contributed by atoms with van der Waals surface area (Å²) in [5.41, 5.74) is 0.958. The lowest BCUT2D eigenvalue weighted by Crippen LogP contribution is -2.03. The molecule has 0 unspecified atom stereocenters. The van der Waals surface area contributed by atoms with E-state index in [4.69, 9.17) is 0 Å². The zero-order valence-electron chi connectivity index (χ0n) is 8.21. The third-order valence-electron chi connectivity index (χ3n) is 2.13. The second-order valence-corrected chi connectivity index (χ2v) is 4.06. The van der Waals surface area contributed by atoms with Gasteiger partial charge in [0.05, 0.1) is 16.8 Å². The van der Waals surface area contributed by atoms with E-state index >= 15 is 0 Å². The molecule has 0 atom stereocenters. The minimum Gasteiger partial charge on any atom is -0.361 e. The first-order valence-corrected chi connectivity index (χ1v) is 5.58. The van der Waals surface area contributed by atoms with Gasteiger partial charge in [-0.2, -0.15) is 5.10 Å². The molecule has 6 nitrogen and oxygen atoms in total. The van der Waals surface area contributed by atoms with Crippen molar-refractivity contribution < 1.29 is 0 Å². The van der Waals surface area contributed by atoms with Gasteiger partial charge in [-0.25, -0.2) is 15.0 Å². The highest BCUT2D eigenvalue weighted by Gasteiger charge is 2.04. The molecule has 0 aliphatic rings. The van der Waals surface area contributed by atoms with Crippen LogP contribution in [0.15, 0.2) is 24.1 Å². The summed E-state index contributed by atoms with van der Waals surface area (Å²) in [6.07, 6.45) is 3.04. The molecule has 0 amide bonds. The molecule has 7 heteroatoms. The summed E-state index contributed by atoms with van der Waals surface area (Å²) < 4.78 is 1.06. The average molecular weight is 232 g/mol. The van der Waals surface area contributed by atoms with E-state index in [0.717, 1.165) is 21.9 Å². The van der Waals surface area contributed by atoms with Gasteiger partial charge in [0.1, 0.15) is 24.3 Å². The Balaban J connectivity index is 1.86. The molecule has 3 aromatic heterocycles. The second kappa shape index (κ2) is 3.86. The third kappa shape index (κ3) is 1.61. The summed E-state index contributed by atoms with van der Waals surface area (Å²) in [6, 6.07) is 1.97. The van der Waals surface area contributed by atoms with Crippen LogP contribution in [0.2, 0.25) is 0 Å². The Morgan fingerprint density at radius 1 is 1.25 bits per heavy atom. The molecule has 0 aromatic carbocycles. The summed E-state index contributed by atoms with van der Waals surface area (Å²) >= 11 is 1.62. The van der Waals surface area contributed by atoms with E-state index < -0.39 is 0 Å². The second-order valence-electron chi connectivity index (χ2n) is 3.14. The summed E-state index contributed by atoms with van der Waals surface area (Å²) in [6.45, 7) is 0.573. The first-order chi connectivity index (χ1) is 7.93. The number of hydrogen-bond acceptors (Lipinski definition) is 6. The molecule has 80 valence electrons. The quantitative estimate of drug-likeness (QED) is 0.714. The minimum absolute atomic E-state index is 0.573. The average Bonchev–Trinajstić information content (AvgIpc) is 2.97. The zero-order valence-corrected chi connectivity index (χ0v) is 9.03. The fourth-order valence-corrected chi connectivity index (χ4v) is 2.21. The highest BCUT2D eigenvalue weighted by atomic mass is 32.1. The molecular weight excluding hydrogens is 224 g/mol. The van der Waals surface area contributed by atoms with E-state index in [0.29, 0.717) is 6.54 Å². The predicted octanol–water partition coefficient (Wildman–Crippen LogP) is 1.42. The first kappa shape index (κ1) is 9.22. The van der Waals surface area contributed by atoms with Crippen LogP contribution in [0.1, 0.15) is 5.82 Å². The number of aromatic amines is 1. The molecule has 0 radical (unpaired) electrons. The lowest BCUT2D eigenvalue weighted by Gasteiger charge is -2.03. The van der Waals surface area contributed by atoms with Gasteiger partial charge in [0, 0.05) is 0 Å². The fourth-order valence-electron chi connectivity index (χ4n) is 1.40. The van der Waals surface area contributed by atoms with Crippen LogP contribution in [0.25, 0.3) is 10.2 Å². The minimum atomic E-state index is 0.573. The Morgan fingerprint density at radius 2 is 2.25 bits per heavy atom. The van der Waals surface area contributed by atoms with Crippen LogP contribution < -0.4 is 5.32 Å².